The number of rotatable bonds is 8. The monoisotopic (exact) mass is 423 g/mol. The number of nitrogens with zero attached hydrogens (tertiary/aromatic N) is 3. The Labute approximate surface area is 182 Å². The Balaban J connectivity index is 1.72. The normalized spacial score (nSPS) is 17.1. The number of hydrogen-bond acceptors (Lipinski definition) is 6. The van der Waals surface area contributed by atoms with Crippen molar-refractivity contribution in [1.82, 2.24) is 15.1 Å². The number of aliphatic imine (C=N–C) groups is 1. The Kier molecular flexibility index (Phi) is 7.14. The summed E-state index contributed by atoms with van der Waals surface area (Å²) >= 11 is 0. The molecule has 31 heavy (non-hydrogen) atoms. The van der Waals surface area contributed by atoms with Crippen LogP contribution in [0.5, 0.6) is 0 Å². The fourth-order valence-corrected chi connectivity index (χ4v) is 3.31. The van der Waals surface area contributed by atoms with Crippen LogP contribution in [0.3, 0.4) is 0 Å². The highest BCUT2D eigenvalue weighted by molar-refractivity contribution is 6.23. The predicted octanol–water partition coefficient (Wildman–Crippen LogP) is 1.98. The highest BCUT2D eigenvalue weighted by Gasteiger charge is 2.31. The minimum Gasteiger partial charge on any atom is -0.326 e. The van der Waals surface area contributed by atoms with E-state index in [-0.39, 0.29) is 17.6 Å². The van der Waals surface area contributed by atoms with Crippen molar-refractivity contribution in [3.63, 3.8) is 0 Å². The molecule has 8 nitrogen and oxygen atoms in total. The van der Waals surface area contributed by atoms with Crippen LogP contribution in [0.1, 0.15) is 23.2 Å². The van der Waals surface area contributed by atoms with Gasteiger partial charge in [-0.1, -0.05) is 0 Å². The van der Waals surface area contributed by atoms with Gasteiger partial charge in [-0.05, 0) is 64.6 Å². The molecular formula is C23H29N5O3. The van der Waals surface area contributed by atoms with Gasteiger partial charge in [0.15, 0.2) is 5.78 Å². The average Bonchev–Trinajstić information content (AvgIpc) is 2.72. The summed E-state index contributed by atoms with van der Waals surface area (Å²) in [5.74, 6) is -0.865. The van der Waals surface area contributed by atoms with E-state index in [4.69, 9.17) is 0 Å². The fraction of sp³-hybridized carbons (Fsp3) is 0.391. The van der Waals surface area contributed by atoms with Crippen molar-refractivity contribution in [3.05, 3.63) is 47.7 Å². The van der Waals surface area contributed by atoms with E-state index in [1.165, 1.54) is 0 Å². The molecular weight excluding hydrogens is 394 g/mol. The van der Waals surface area contributed by atoms with Crippen molar-refractivity contribution in [3.8, 4) is 0 Å². The van der Waals surface area contributed by atoms with Gasteiger partial charge in [-0.3, -0.25) is 19.4 Å². The molecule has 2 N–H and O–H groups in total. The third kappa shape index (κ3) is 5.96. The first kappa shape index (κ1) is 22.6. The second-order valence-electron chi connectivity index (χ2n) is 8.27. The predicted molar refractivity (Wildman–Crippen MR) is 122 cm³/mol. The molecule has 0 bridgehead atoms. The molecule has 0 fully saturated rings. The Morgan fingerprint density at radius 3 is 2.26 bits per heavy atom. The molecule has 0 aromatic heterocycles. The molecule has 0 spiro atoms. The lowest BCUT2D eigenvalue weighted by Gasteiger charge is -2.24. The molecule has 1 unspecified atom stereocenters. The van der Waals surface area contributed by atoms with Crippen LogP contribution in [0, 0.1) is 5.92 Å². The van der Waals surface area contributed by atoms with Gasteiger partial charge in [-0.2, -0.15) is 0 Å². The number of fused-ring (bicyclic) bond motifs is 2. The number of carbonyl (C=O) groups is 3. The van der Waals surface area contributed by atoms with Gasteiger partial charge in [0.1, 0.15) is 0 Å². The Morgan fingerprint density at radius 2 is 1.61 bits per heavy atom. The first-order valence-corrected chi connectivity index (χ1v) is 10.3. The van der Waals surface area contributed by atoms with Crippen molar-refractivity contribution >= 4 is 34.7 Å². The van der Waals surface area contributed by atoms with E-state index >= 15 is 0 Å². The second-order valence-corrected chi connectivity index (χ2v) is 8.27. The number of allylic oxidation sites excluding steroid dienone is 3. The quantitative estimate of drug-likeness (QED) is 0.667. The summed E-state index contributed by atoms with van der Waals surface area (Å²) < 4.78 is 0. The summed E-state index contributed by atoms with van der Waals surface area (Å²) in [6.45, 7) is 1.29. The zero-order chi connectivity index (χ0) is 22.5. The van der Waals surface area contributed by atoms with E-state index in [0.29, 0.717) is 54.3 Å². The molecule has 0 radical (unpaired) electrons. The van der Waals surface area contributed by atoms with Gasteiger partial charge in [0.2, 0.25) is 11.8 Å². The molecule has 1 aliphatic carbocycles. The lowest BCUT2D eigenvalue weighted by Crippen LogP contribution is -2.31. The van der Waals surface area contributed by atoms with Crippen LogP contribution in [0.2, 0.25) is 0 Å². The minimum absolute atomic E-state index is 0.101. The molecule has 0 saturated heterocycles. The van der Waals surface area contributed by atoms with Gasteiger partial charge >= 0.3 is 0 Å². The van der Waals surface area contributed by atoms with Crippen molar-refractivity contribution in [2.24, 2.45) is 10.9 Å². The van der Waals surface area contributed by atoms with Crippen LogP contribution in [-0.2, 0) is 9.59 Å². The summed E-state index contributed by atoms with van der Waals surface area (Å²) in [6.07, 6.45) is 6.01. The Morgan fingerprint density at radius 1 is 0.968 bits per heavy atom. The molecule has 8 heteroatoms. The molecule has 2 aliphatic rings. The molecule has 164 valence electrons. The number of Topliss-reactive ketones (excluding diaryl/α,β-unsaturated/α-hetero) is 1. The SMILES string of the molecule is CN(C)CCC(=O)NC1=CC2C(=O)c3cc(NC(=O)CCN(C)C)ccc3N=C2C=C1. The lowest BCUT2D eigenvalue weighted by molar-refractivity contribution is -0.120. The number of hydrogen-bond donors (Lipinski definition) is 2. The highest BCUT2D eigenvalue weighted by atomic mass is 16.2. The summed E-state index contributed by atoms with van der Waals surface area (Å²) in [7, 11) is 7.64. The smallest absolute Gasteiger partial charge is 0.225 e. The number of nitrogens with one attached hydrogen (secondary N) is 2. The van der Waals surface area contributed by atoms with E-state index in [1.54, 1.807) is 36.4 Å². The van der Waals surface area contributed by atoms with Gasteiger partial charge in [-0.25, -0.2) is 0 Å². The van der Waals surface area contributed by atoms with Crippen LogP contribution < -0.4 is 10.6 Å². The largest absolute Gasteiger partial charge is 0.326 e. The van der Waals surface area contributed by atoms with E-state index in [0.717, 1.165) is 0 Å². The molecule has 1 atom stereocenters. The summed E-state index contributed by atoms with van der Waals surface area (Å²) in [5.41, 5.74) is 2.86. The number of ketones is 1. The average molecular weight is 424 g/mol. The molecule has 1 aromatic carbocycles. The van der Waals surface area contributed by atoms with Crippen LogP contribution in [-0.4, -0.2) is 74.4 Å². The second kappa shape index (κ2) is 9.80. The summed E-state index contributed by atoms with van der Waals surface area (Å²) in [4.78, 5) is 45.9. The topological polar surface area (TPSA) is 94.1 Å². The first-order valence-electron chi connectivity index (χ1n) is 10.3. The van der Waals surface area contributed by atoms with Crippen molar-refractivity contribution in [2.45, 2.75) is 12.8 Å². The van der Waals surface area contributed by atoms with E-state index in [9.17, 15) is 14.4 Å². The van der Waals surface area contributed by atoms with Crippen molar-refractivity contribution in [2.75, 3.05) is 46.6 Å². The number of anilines is 1. The van der Waals surface area contributed by atoms with E-state index in [1.807, 2.05) is 38.0 Å². The highest BCUT2D eigenvalue weighted by Crippen LogP contribution is 2.33. The van der Waals surface area contributed by atoms with Gasteiger partial charge in [0.05, 0.1) is 17.3 Å². The number of benzene rings is 1. The van der Waals surface area contributed by atoms with Gasteiger partial charge in [0, 0.05) is 42.9 Å². The third-order valence-electron chi connectivity index (χ3n) is 5.03. The van der Waals surface area contributed by atoms with Crippen LogP contribution in [0.25, 0.3) is 0 Å². The van der Waals surface area contributed by atoms with E-state index in [2.05, 4.69) is 15.6 Å². The van der Waals surface area contributed by atoms with E-state index < -0.39 is 5.92 Å². The number of carbonyl (C=O) groups excluding carboxylic acids is 3. The molecule has 1 aliphatic heterocycles. The van der Waals surface area contributed by atoms with Crippen molar-refractivity contribution in [1.29, 1.82) is 0 Å². The Bertz CT molecular complexity index is 975. The molecule has 0 saturated carbocycles. The fourth-order valence-electron chi connectivity index (χ4n) is 3.31. The zero-order valence-electron chi connectivity index (χ0n) is 18.4. The van der Waals surface area contributed by atoms with Gasteiger partial charge in [-0.15, -0.1) is 0 Å². The van der Waals surface area contributed by atoms with Crippen LogP contribution in [0.15, 0.2) is 47.1 Å². The summed E-state index contributed by atoms with van der Waals surface area (Å²) in [6, 6.07) is 5.17. The van der Waals surface area contributed by atoms with Crippen LogP contribution >= 0.6 is 0 Å². The maximum absolute atomic E-state index is 13.2. The first-order chi connectivity index (χ1) is 14.7. The maximum Gasteiger partial charge on any atom is 0.225 e. The minimum atomic E-state index is -0.554. The molecule has 1 aromatic rings. The van der Waals surface area contributed by atoms with Gasteiger partial charge < -0.3 is 20.4 Å². The molecule has 2 amide bonds. The molecule has 1 heterocycles. The molecule has 3 rings (SSSR count). The van der Waals surface area contributed by atoms with Crippen molar-refractivity contribution < 1.29 is 14.4 Å². The van der Waals surface area contributed by atoms with Crippen LogP contribution in [0.4, 0.5) is 11.4 Å². The zero-order valence-corrected chi connectivity index (χ0v) is 18.4. The maximum atomic E-state index is 13.2. The third-order valence-corrected chi connectivity index (χ3v) is 5.03. The number of amides is 2. The summed E-state index contributed by atoms with van der Waals surface area (Å²) in [5, 5.41) is 5.69. The lowest BCUT2D eigenvalue weighted by atomic mass is 9.85. The Hall–Kier alpha value is -3.10. The van der Waals surface area contributed by atoms with Gasteiger partial charge in [0.25, 0.3) is 0 Å². The standard InChI is InChI=1S/C23H29N5O3/c1-27(2)11-9-21(29)24-15-5-7-19-17(13-15)23(31)18-14-16(6-8-20(18)26-19)25-22(30)10-12-28(3)4/h5-8,13-14,17H,9-12H2,1-4H3,(H,24,29)(H,25,30).